The van der Waals surface area contributed by atoms with Crippen LogP contribution in [0.15, 0.2) is 30.2 Å². The summed E-state index contributed by atoms with van der Waals surface area (Å²) in [6, 6.07) is 6.20. The van der Waals surface area contributed by atoms with Gasteiger partial charge >= 0.3 is 58.4 Å². The molecule has 0 aromatic heterocycles. The van der Waals surface area contributed by atoms with E-state index in [-0.39, 0.29) is 63.1 Å². The first kappa shape index (κ1) is 16.1. The summed E-state index contributed by atoms with van der Waals surface area (Å²) < 4.78 is 35.9. The number of carbonyl (C=O) groups excluding carboxylic acids is 1. The van der Waals surface area contributed by atoms with Crippen molar-refractivity contribution in [2.75, 3.05) is 0 Å². The molecule has 0 aliphatic carbocycles. The molecule has 0 radical (unpaired) electrons. The van der Waals surface area contributed by atoms with Crippen molar-refractivity contribution in [3.63, 3.8) is 0 Å². The molecule has 0 saturated carbocycles. The standard InChI is InChI=1S/C10H9BF3O.K/c1-8(15)10-5-3-2-4-9(10)6-7-11(12,13)14;/h2-7H,1H3;/q-1;+1/b7-6+;. The number of ketones is 1. The van der Waals surface area contributed by atoms with E-state index in [0.717, 1.165) is 6.08 Å². The van der Waals surface area contributed by atoms with E-state index in [9.17, 15) is 17.7 Å². The predicted octanol–water partition coefficient (Wildman–Crippen LogP) is 0.293. The van der Waals surface area contributed by atoms with E-state index < -0.39 is 6.98 Å². The maximum Gasteiger partial charge on any atom is 1.00 e. The first-order valence-electron chi connectivity index (χ1n) is 4.39. The van der Waals surface area contributed by atoms with Crippen LogP contribution in [0.5, 0.6) is 0 Å². The average molecular weight is 252 g/mol. The third kappa shape index (κ3) is 5.45. The van der Waals surface area contributed by atoms with Gasteiger partial charge in [-0.1, -0.05) is 30.3 Å². The van der Waals surface area contributed by atoms with Gasteiger partial charge in [-0.3, -0.25) is 4.79 Å². The largest absolute Gasteiger partial charge is 1.00 e. The number of carbonyl (C=O) groups is 1. The third-order valence-corrected chi connectivity index (χ3v) is 1.83. The molecular weight excluding hydrogens is 243 g/mol. The van der Waals surface area contributed by atoms with Gasteiger partial charge in [0.15, 0.2) is 5.78 Å². The van der Waals surface area contributed by atoms with Gasteiger partial charge < -0.3 is 12.9 Å². The minimum Gasteiger partial charge on any atom is -0.445 e. The molecule has 1 aromatic carbocycles. The molecule has 0 spiro atoms. The average Bonchev–Trinajstić information content (AvgIpc) is 2.14. The van der Waals surface area contributed by atoms with Gasteiger partial charge in [-0.2, -0.15) is 0 Å². The quantitative estimate of drug-likeness (QED) is 0.558. The first-order valence-corrected chi connectivity index (χ1v) is 4.39. The molecule has 0 unspecified atom stereocenters. The summed E-state index contributed by atoms with van der Waals surface area (Å²) in [7, 11) is 0. The van der Waals surface area contributed by atoms with E-state index in [1.54, 1.807) is 12.1 Å². The molecule has 0 saturated heterocycles. The van der Waals surface area contributed by atoms with E-state index in [0.29, 0.717) is 11.1 Å². The van der Waals surface area contributed by atoms with E-state index in [1.807, 2.05) is 0 Å². The van der Waals surface area contributed by atoms with Crippen molar-refractivity contribution in [3.05, 3.63) is 41.4 Å². The Morgan fingerprint density at radius 2 is 1.81 bits per heavy atom. The molecule has 0 fully saturated rings. The van der Waals surface area contributed by atoms with Crippen LogP contribution in [0.25, 0.3) is 6.08 Å². The van der Waals surface area contributed by atoms with Gasteiger partial charge in [0.2, 0.25) is 0 Å². The van der Waals surface area contributed by atoms with E-state index >= 15 is 0 Å². The van der Waals surface area contributed by atoms with Gasteiger partial charge in [-0.05, 0) is 12.5 Å². The topological polar surface area (TPSA) is 17.1 Å². The number of hydrogen-bond acceptors (Lipinski definition) is 1. The fourth-order valence-electron chi connectivity index (χ4n) is 1.18. The van der Waals surface area contributed by atoms with E-state index in [4.69, 9.17) is 0 Å². The fraction of sp³-hybridized carbons (Fsp3) is 0.100. The summed E-state index contributed by atoms with van der Waals surface area (Å²) in [5.74, 6) is -0.0631. The smallest absolute Gasteiger partial charge is 0.445 e. The van der Waals surface area contributed by atoms with Gasteiger partial charge in [-0.15, -0.1) is 5.98 Å². The Kier molecular flexibility index (Phi) is 6.81. The van der Waals surface area contributed by atoms with Gasteiger partial charge in [-0.25, -0.2) is 0 Å². The molecule has 6 heteroatoms. The van der Waals surface area contributed by atoms with Crippen molar-refractivity contribution in [2.24, 2.45) is 0 Å². The minimum absolute atomic E-state index is 0. The zero-order chi connectivity index (χ0) is 11.5. The second kappa shape index (κ2) is 6.76. The predicted molar refractivity (Wildman–Crippen MR) is 54.6 cm³/mol. The van der Waals surface area contributed by atoms with Gasteiger partial charge in [0.25, 0.3) is 0 Å². The molecule has 1 nitrogen and oxygen atoms in total. The summed E-state index contributed by atoms with van der Waals surface area (Å²) in [6.45, 7) is -3.63. The Bertz CT molecular complexity index is 401. The molecule has 0 aliphatic rings. The fourth-order valence-corrected chi connectivity index (χ4v) is 1.18. The zero-order valence-corrected chi connectivity index (χ0v) is 12.2. The van der Waals surface area contributed by atoms with Gasteiger partial charge in [0.1, 0.15) is 0 Å². The number of benzene rings is 1. The van der Waals surface area contributed by atoms with Crippen molar-refractivity contribution in [3.8, 4) is 0 Å². The molecule has 1 rings (SSSR count). The summed E-state index contributed by atoms with van der Waals surface area (Å²) in [6.07, 6.45) is 0.927. The van der Waals surface area contributed by atoms with E-state index in [2.05, 4.69) is 0 Å². The van der Waals surface area contributed by atoms with Gasteiger partial charge in [0, 0.05) is 5.56 Å². The Hall–Kier alpha value is 0.121. The second-order valence-electron chi connectivity index (χ2n) is 3.13. The molecule has 16 heavy (non-hydrogen) atoms. The molecule has 0 bridgehead atoms. The maximum atomic E-state index is 12.0. The Balaban J connectivity index is 0.00000225. The number of rotatable bonds is 3. The third-order valence-electron chi connectivity index (χ3n) is 1.83. The second-order valence-corrected chi connectivity index (χ2v) is 3.13. The molecular formula is C10H9BF3KO. The number of hydrogen-bond donors (Lipinski definition) is 0. The molecule has 80 valence electrons. The summed E-state index contributed by atoms with van der Waals surface area (Å²) in [5.41, 5.74) is 0.595. The SMILES string of the molecule is CC(=O)c1ccccc1/C=C/[B-](F)(F)F.[K+]. The summed E-state index contributed by atoms with van der Waals surface area (Å²) in [5, 5.41) is 0. The van der Waals surface area contributed by atoms with Crippen LogP contribution >= 0.6 is 0 Å². The summed E-state index contributed by atoms with van der Waals surface area (Å²) >= 11 is 0. The normalized spacial score (nSPS) is 11.2. The van der Waals surface area contributed by atoms with Crippen molar-refractivity contribution in [2.45, 2.75) is 6.92 Å². The molecule has 0 atom stereocenters. The van der Waals surface area contributed by atoms with Crippen LogP contribution in [-0.4, -0.2) is 12.8 Å². The van der Waals surface area contributed by atoms with Crippen LogP contribution in [0.4, 0.5) is 12.9 Å². The van der Waals surface area contributed by atoms with Crippen LogP contribution in [0, 0.1) is 0 Å². The molecule has 0 amide bonds. The molecule has 0 aliphatic heterocycles. The minimum atomic E-state index is -4.96. The molecule has 0 heterocycles. The van der Waals surface area contributed by atoms with E-state index in [1.165, 1.54) is 19.1 Å². The Morgan fingerprint density at radius 1 is 1.25 bits per heavy atom. The number of halogens is 3. The monoisotopic (exact) mass is 252 g/mol. The van der Waals surface area contributed by atoms with Crippen molar-refractivity contribution >= 4 is 18.8 Å². The van der Waals surface area contributed by atoms with Crippen LogP contribution in [-0.2, 0) is 0 Å². The van der Waals surface area contributed by atoms with Crippen molar-refractivity contribution < 1.29 is 69.1 Å². The van der Waals surface area contributed by atoms with Crippen molar-refractivity contribution in [1.82, 2.24) is 0 Å². The molecule has 0 N–H and O–H groups in total. The Morgan fingerprint density at radius 3 is 2.31 bits per heavy atom. The van der Waals surface area contributed by atoms with Crippen LogP contribution in [0.2, 0.25) is 0 Å². The Labute approximate surface area is 135 Å². The van der Waals surface area contributed by atoms with Crippen LogP contribution in [0.1, 0.15) is 22.8 Å². The zero-order valence-electron chi connectivity index (χ0n) is 9.08. The van der Waals surface area contributed by atoms with Crippen LogP contribution in [0.3, 0.4) is 0 Å². The summed E-state index contributed by atoms with van der Waals surface area (Å²) in [4.78, 5) is 11.1. The maximum absolute atomic E-state index is 12.0. The van der Waals surface area contributed by atoms with Crippen LogP contribution < -0.4 is 51.4 Å². The molecule has 1 aromatic rings. The van der Waals surface area contributed by atoms with Crippen molar-refractivity contribution in [1.29, 1.82) is 0 Å². The first-order chi connectivity index (χ1) is 6.90. The number of Topliss-reactive ketones (excluding diaryl/α,β-unsaturated/α-hetero) is 1. The van der Waals surface area contributed by atoms with Gasteiger partial charge in [0.05, 0.1) is 0 Å².